The van der Waals surface area contributed by atoms with Crippen molar-refractivity contribution in [3.63, 3.8) is 0 Å². The largest absolute Gasteiger partial charge is 0.480 e. The molecule has 1 aromatic rings. The topological polar surface area (TPSA) is 66.4 Å². The quantitative estimate of drug-likeness (QED) is 0.893. The smallest absolute Gasteiger partial charge is 0.329 e. The van der Waals surface area contributed by atoms with Gasteiger partial charge in [0.25, 0.3) is 0 Å². The zero-order valence-electron chi connectivity index (χ0n) is 9.37. The Bertz CT molecular complexity index is 512. The van der Waals surface area contributed by atoms with Crippen molar-refractivity contribution in [2.45, 2.75) is 24.8 Å². The van der Waals surface area contributed by atoms with Crippen molar-refractivity contribution in [1.82, 2.24) is 5.32 Å². The molecule has 18 heavy (non-hydrogen) atoms. The van der Waals surface area contributed by atoms with E-state index < -0.39 is 11.5 Å². The SMILES string of the molecule is O=C(Cc1ccc(Cl)c(Cl)c1)NC1(C(=O)O)CC1. The zero-order chi connectivity index (χ0) is 13.3. The van der Waals surface area contributed by atoms with E-state index in [1.807, 2.05) is 0 Å². The molecule has 1 aliphatic rings. The summed E-state index contributed by atoms with van der Waals surface area (Å²) in [5.74, 6) is -1.31. The van der Waals surface area contributed by atoms with Gasteiger partial charge in [-0.05, 0) is 30.5 Å². The maximum absolute atomic E-state index is 11.7. The minimum absolute atomic E-state index is 0.0892. The molecule has 0 aliphatic heterocycles. The lowest BCUT2D eigenvalue weighted by molar-refractivity contribution is -0.143. The number of amides is 1. The average molecular weight is 288 g/mol. The van der Waals surface area contributed by atoms with Crippen LogP contribution in [-0.4, -0.2) is 22.5 Å². The maximum atomic E-state index is 11.7. The highest BCUT2D eigenvalue weighted by atomic mass is 35.5. The lowest BCUT2D eigenvalue weighted by atomic mass is 10.1. The molecule has 2 N–H and O–H groups in total. The second-order valence-corrected chi connectivity index (χ2v) is 5.18. The van der Waals surface area contributed by atoms with Crippen LogP contribution in [0.15, 0.2) is 18.2 Å². The van der Waals surface area contributed by atoms with E-state index in [0.29, 0.717) is 28.5 Å². The van der Waals surface area contributed by atoms with E-state index in [9.17, 15) is 9.59 Å². The van der Waals surface area contributed by atoms with Gasteiger partial charge in [0.1, 0.15) is 5.54 Å². The van der Waals surface area contributed by atoms with Gasteiger partial charge in [-0.1, -0.05) is 29.3 Å². The number of aliphatic carboxylic acids is 1. The molecule has 0 heterocycles. The molecule has 0 saturated heterocycles. The summed E-state index contributed by atoms with van der Waals surface area (Å²) in [7, 11) is 0. The van der Waals surface area contributed by atoms with Gasteiger partial charge in [0, 0.05) is 0 Å². The zero-order valence-corrected chi connectivity index (χ0v) is 10.9. The van der Waals surface area contributed by atoms with E-state index in [2.05, 4.69) is 5.32 Å². The first kappa shape index (κ1) is 13.2. The predicted molar refractivity (Wildman–Crippen MR) is 67.9 cm³/mol. The first-order valence-electron chi connectivity index (χ1n) is 5.41. The molecule has 0 radical (unpaired) electrons. The van der Waals surface area contributed by atoms with E-state index >= 15 is 0 Å². The highest BCUT2D eigenvalue weighted by Crippen LogP contribution is 2.35. The number of hydrogen-bond acceptors (Lipinski definition) is 2. The Labute approximate surface area is 114 Å². The molecular weight excluding hydrogens is 277 g/mol. The van der Waals surface area contributed by atoms with E-state index in [1.165, 1.54) is 0 Å². The average Bonchev–Trinajstić information content (AvgIpc) is 3.04. The van der Waals surface area contributed by atoms with E-state index in [-0.39, 0.29) is 12.3 Å². The number of carboxylic acids is 1. The van der Waals surface area contributed by atoms with Crippen LogP contribution in [-0.2, 0) is 16.0 Å². The maximum Gasteiger partial charge on any atom is 0.329 e. The van der Waals surface area contributed by atoms with E-state index in [1.54, 1.807) is 18.2 Å². The monoisotopic (exact) mass is 287 g/mol. The fourth-order valence-electron chi connectivity index (χ4n) is 1.66. The van der Waals surface area contributed by atoms with Crippen molar-refractivity contribution in [3.05, 3.63) is 33.8 Å². The Hall–Kier alpha value is -1.26. The minimum atomic E-state index is -1.05. The molecule has 1 aliphatic carbocycles. The minimum Gasteiger partial charge on any atom is -0.480 e. The van der Waals surface area contributed by atoms with Crippen LogP contribution in [0.2, 0.25) is 10.0 Å². The lowest BCUT2D eigenvalue weighted by Crippen LogP contribution is -2.43. The van der Waals surface area contributed by atoms with Gasteiger partial charge in [0.05, 0.1) is 16.5 Å². The summed E-state index contributed by atoms with van der Waals surface area (Å²) in [6.07, 6.45) is 1.05. The summed E-state index contributed by atoms with van der Waals surface area (Å²) in [6.45, 7) is 0. The number of rotatable bonds is 4. The summed E-state index contributed by atoms with van der Waals surface area (Å²) in [6, 6.07) is 4.90. The molecule has 4 nitrogen and oxygen atoms in total. The molecule has 1 amide bonds. The van der Waals surface area contributed by atoms with Crippen LogP contribution in [0.4, 0.5) is 0 Å². The summed E-state index contributed by atoms with van der Waals surface area (Å²) in [5.41, 5.74) is -0.351. The molecule has 0 unspecified atom stereocenters. The molecule has 6 heteroatoms. The molecule has 0 aromatic heterocycles. The third-order valence-corrected chi connectivity index (χ3v) is 3.63. The van der Waals surface area contributed by atoms with Gasteiger partial charge in [0.15, 0.2) is 0 Å². The number of carbonyl (C=O) groups is 2. The summed E-state index contributed by atoms with van der Waals surface area (Å²) < 4.78 is 0. The van der Waals surface area contributed by atoms with Crippen LogP contribution in [0.25, 0.3) is 0 Å². The third-order valence-electron chi connectivity index (χ3n) is 2.89. The van der Waals surface area contributed by atoms with Crippen molar-refractivity contribution in [1.29, 1.82) is 0 Å². The van der Waals surface area contributed by atoms with Gasteiger partial charge in [-0.25, -0.2) is 4.79 Å². The Balaban J connectivity index is 1.99. The third kappa shape index (κ3) is 2.76. The molecule has 1 aromatic carbocycles. The number of benzene rings is 1. The first-order chi connectivity index (χ1) is 8.43. The molecule has 2 rings (SSSR count). The number of carbonyl (C=O) groups excluding carboxylic acids is 1. The first-order valence-corrected chi connectivity index (χ1v) is 6.17. The number of nitrogens with one attached hydrogen (secondary N) is 1. The van der Waals surface area contributed by atoms with Crippen LogP contribution in [0, 0.1) is 0 Å². The van der Waals surface area contributed by atoms with Gasteiger partial charge >= 0.3 is 5.97 Å². The fraction of sp³-hybridized carbons (Fsp3) is 0.333. The van der Waals surface area contributed by atoms with Gasteiger partial charge in [0.2, 0.25) is 5.91 Å². The molecule has 1 fully saturated rings. The predicted octanol–water partition coefficient (Wildman–Crippen LogP) is 2.27. The van der Waals surface area contributed by atoms with Crippen molar-refractivity contribution in [3.8, 4) is 0 Å². The molecule has 0 bridgehead atoms. The second-order valence-electron chi connectivity index (χ2n) is 4.36. The van der Waals surface area contributed by atoms with Gasteiger partial charge in [-0.2, -0.15) is 0 Å². The fourth-order valence-corrected chi connectivity index (χ4v) is 1.98. The summed E-state index contributed by atoms with van der Waals surface area (Å²) in [4.78, 5) is 22.6. The number of halogens is 2. The van der Waals surface area contributed by atoms with Crippen LogP contribution >= 0.6 is 23.2 Å². The van der Waals surface area contributed by atoms with Crippen LogP contribution in [0.5, 0.6) is 0 Å². The lowest BCUT2D eigenvalue weighted by Gasteiger charge is -2.12. The van der Waals surface area contributed by atoms with Gasteiger partial charge < -0.3 is 10.4 Å². The standard InChI is InChI=1S/C12H11Cl2NO3/c13-8-2-1-7(5-9(8)14)6-10(16)15-12(3-4-12)11(17)18/h1-2,5H,3-4,6H2,(H,15,16)(H,17,18). The number of hydrogen-bond donors (Lipinski definition) is 2. The Kier molecular flexibility index (Phi) is 3.50. The number of carboxylic acid groups (broad SMARTS) is 1. The van der Waals surface area contributed by atoms with E-state index in [0.717, 1.165) is 0 Å². The van der Waals surface area contributed by atoms with Gasteiger partial charge in [-0.15, -0.1) is 0 Å². The second kappa shape index (κ2) is 4.78. The molecule has 1 saturated carbocycles. The highest BCUT2D eigenvalue weighted by molar-refractivity contribution is 6.42. The van der Waals surface area contributed by atoms with Crippen molar-refractivity contribution in [2.75, 3.05) is 0 Å². The Morgan fingerprint density at radius 1 is 1.28 bits per heavy atom. The van der Waals surface area contributed by atoms with Crippen LogP contribution in [0.1, 0.15) is 18.4 Å². The normalized spacial score (nSPS) is 16.1. The van der Waals surface area contributed by atoms with Crippen LogP contribution in [0.3, 0.4) is 0 Å². The summed E-state index contributed by atoms with van der Waals surface area (Å²) >= 11 is 11.6. The van der Waals surface area contributed by atoms with Crippen molar-refractivity contribution >= 4 is 35.1 Å². The Morgan fingerprint density at radius 3 is 2.44 bits per heavy atom. The molecule has 96 valence electrons. The van der Waals surface area contributed by atoms with E-state index in [4.69, 9.17) is 28.3 Å². The van der Waals surface area contributed by atoms with Gasteiger partial charge in [-0.3, -0.25) is 4.79 Å². The van der Waals surface area contributed by atoms with Crippen LogP contribution < -0.4 is 5.32 Å². The highest BCUT2D eigenvalue weighted by Gasteiger charge is 2.51. The molecular formula is C12H11Cl2NO3. The van der Waals surface area contributed by atoms with Crippen molar-refractivity contribution in [2.24, 2.45) is 0 Å². The summed E-state index contributed by atoms with van der Waals surface area (Å²) in [5, 5.41) is 12.3. The molecule has 0 spiro atoms. The Morgan fingerprint density at radius 2 is 1.94 bits per heavy atom. The molecule has 0 atom stereocenters. The van der Waals surface area contributed by atoms with Crippen molar-refractivity contribution < 1.29 is 14.7 Å².